The van der Waals surface area contributed by atoms with E-state index in [4.69, 9.17) is 4.42 Å². The van der Waals surface area contributed by atoms with Crippen LogP contribution in [0.4, 0.5) is 0 Å². The number of carbonyl (C=O) groups is 1. The van der Waals surface area contributed by atoms with Gasteiger partial charge in [0, 0.05) is 10.2 Å². The minimum Gasteiger partial charge on any atom is -0.462 e. The van der Waals surface area contributed by atoms with Crippen molar-refractivity contribution in [2.45, 2.75) is 0 Å². The highest BCUT2D eigenvalue weighted by Crippen LogP contribution is 1.88. The molecule has 2 nitrogen and oxygen atoms in total. The van der Waals surface area contributed by atoms with Crippen molar-refractivity contribution in [3.8, 4) is 0 Å². The molecule has 1 aromatic rings. The van der Waals surface area contributed by atoms with Crippen LogP contribution in [0.25, 0.3) is 0 Å². The van der Waals surface area contributed by atoms with Gasteiger partial charge in [-0.05, 0) is 11.3 Å². The molecular formula is C5H6O2Si. The second-order valence-corrected chi connectivity index (χ2v) is 2.66. The van der Waals surface area contributed by atoms with Gasteiger partial charge in [0.25, 0.3) is 0 Å². The number of rotatable bonds is 1. The molecule has 0 aliphatic carbocycles. The van der Waals surface area contributed by atoms with Crippen LogP contribution in [0.1, 0.15) is 10.6 Å². The summed E-state index contributed by atoms with van der Waals surface area (Å²) in [5, 5.41) is 1.03. The second-order valence-electron chi connectivity index (χ2n) is 1.59. The molecule has 0 bridgehead atoms. The number of carbonyl (C=O) groups excluding carboxylic acids is 1. The average molecular weight is 126 g/mol. The Bertz CT molecular complexity index is 192. The van der Waals surface area contributed by atoms with E-state index in [0.29, 0.717) is 5.76 Å². The van der Waals surface area contributed by atoms with Crippen LogP contribution < -0.4 is 5.19 Å². The fourth-order valence-electron chi connectivity index (χ4n) is 0.505. The van der Waals surface area contributed by atoms with Crippen LogP contribution in [-0.4, -0.2) is 16.5 Å². The molecule has 3 heteroatoms. The molecule has 0 aliphatic heterocycles. The third-order valence-corrected chi connectivity index (χ3v) is 1.83. The molecule has 0 saturated carbocycles. The smallest absolute Gasteiger partial charge is 0.185 e. The largest absolute Gasteiger partial charge is 0.462 e. The molecule has 0 amide bonds. The van der Waals surface area contributed by atoms with Crippen LogP contribution in [-0.2, 0) is 0 Å². The van der Waals surface area contributed by atoms with Crippen molar-refractivity contribution in [2.75, 3.05) is 0 Å². The van der Waals surface area contributed by atoms with Crippen molar-refractivity contribution in [1.29, 1.82) is 0 Å². The fraction of sp³-hybridized carbons (Fsp3) is 0. The van der Waals surface area contributed by atoms with Crippen molar-refractivity contribution < 1.29 is 9.21 Å². The van der Waals surface area contributed by atoms with Crippen LogP contribution in [0.15, 0.2) is 16.7 Å². The maximum absolute atomic E-state index is 10.0. The third-order valence-electron chi connectivity index (χ3n) is 1.01. The first-order valence-corrected chi connectivity index (χ1v) is 3.34. The lowest BCUT2D eigenvalue weighted by molar-refractivity contribution is 0.110. The zero-order valence-corrected chi connectivity index (χ0v) is 6.55. The molecule has 0 saturated heterocycles. The lowest BCUT2D eigenvalue weighted by atomic mass is 10.5. The monoisotopic (exact) mass is 126 g/mol. The highest BCUT2D eigenvalue weighted by molar-refractivity contribution is 6.34. The Morgan fingerprint density at radius 1 is 1.75 bits per heavy atom. The van der Waals surface area contributed by atoms with Crippen LogP contribution in [0.5, 0.6) is 0 Å². The second kappa shape index (κ2) is 1.96. The maximum atomic E-state index is 10.0. The van der Waals surface area contributed by atoms with Crippen LogP contribution >= 0.6 is 0 Å². The van der Waals surface area contributed by atoms with Gasteiger partial charge < -0.3 is 4.42 Å². The molecule has 1 aromatic heterocycles. The standard InChI is InChI=1S/C5H6O2Si/c6-3-4-5(8)1-2-7-4/h1-3H,8H3. The van der Waals surface area contributed by atoms with Gasteiger partial charge in [0.2, 0.25) is 0 Å². The summed E-state index contributed by atoms with van der Waals surface area (Å²) >= 11 is 0. The number of hydrogen-bond acceptors (Lipinski definition) is 2. The van der Waals surface area contributed by atoms with Gasteiger partial charge in [-0.2, -0.15) is 0 Å². The summed E-state index contributed by atoms with van der Waals surface area (Å²) in [7, 11) is 0.882. The molecule has 0 aliphatic rings. The van der Waals surface area contributed by atoms with Gasteiger partial charge in [0.05, 0.1) is 6.26 Å². The quantitative estimate of drug-likeness (QED) is 0.360. The van der Waals surface area contributed by atoms with Crippen molar-refractivity contribution >= 4 is 21.7 Å². The summed E-state index contributed by atoms with van der Waals surface area (Å²) in [6, 6.07) is 1.82. The van der Waals surface area contributed by atoms with Gasteiger partial charge in [-0.3, -0.25) is 4.79 Å². The minimum atomic E-state index is 0.483. The first-order valence-electron chi connectivity index (χ1n) is 2.34. The number of furan rings is 1. The lowest BCUT2D eigenvalue weighted by Gasteiger charge is -1.78. The fourth-order valence-corrected chi connectivity index (χ4v) is 0.877. The average Bonchev–Trinajstić information content (AvgIpc) is 2.14. The maximum Gasteiger partial charge on any atom is 0.185 e. The molecule has 42 valence electrons. The highest BCUT2D eigenvalue weighted by Gasteiger charge is 1.95. The van der Waals surface area contributed by atoms with E-state index in [1.807, 2.05) is 6.07 Å². The first-order chi connectivity index (χ1) is 3.84. The summed E-state index contributed by atoms with van der Waals surface area (Å²) in [6.45, 7) is 0. The summed E-state index contributed by atoms with van der Waals surface area (Å²) in [5.41, 5.74) is 0. The Labute approximate surface area is 49.9 Å². The molecular weight excluding hydrogens is 120 g/mol. The van der Waals surface area contributed by atoms with E-state index in [0.717, 1.165) is 21.7 Å². The normalized spacial score (nSPS) is 9.50. The summed E-state index contributed by atoms with van der Waals surface area (Å²) in [4.78, 5) is 10.0. The summed E-state index contributed by atoms with van der Waals surface area (Å²) in [5.74, 6) is 0.483. The van der Waals surface area contributed by atoms with Crippen LogP contribution in [0.3, 0.4) is 0 Å². The molecule has 1 rings (SSSR count). The summed E-state index contributed by atoms with van der Waals surface area (Å²) in [6.07, 6.45) is 2.27. The molecule has 8 heavy (non-hydrogen) atoms. The molecule has 0 atom stereocenters. The van der Waals surface area contributed by atoms with E-state index in [9.17, 15) is 4.79 Å². The van der Waals surface area contributed by atoms with Crippen LogP contribution in [0.2, 0.25) is 0 Å². The third kappa shape index (κ3) is 0.719. The van der Waals surface area contributed by atoms with E-state index >= 15 is 0 Å². The van der Waals surface area contributed by atoms with Gasteiger partial charge in [-0.15, -0.1) is 0 Å². The Kier molecular flexibility index (Phi) is 1.30. The molecule has 0 fully saturated rings. The molecule has 1 heterocycles. The number of aldehydes is 1. The Balaban J connectivity index is 3.09. The minimum absolute atomic E-state index is 0.483. The Morgan fingerprint density at radius 2 is 2.50 bits per heavy atom. The van der Waals surface area contributed by atoms with E-state index in [1.54, 1.807) is 0 Å². The van der Waals surface area contributed by atoms with Crippen molar-refractivity contribution in [1.82, 2.24) is 0 Å². The molecule has 0 N–H and O–H groups in total. The van der Waals surface area contributed by atoms with E-state index < -0.39 is 0 Å². The molecule has 0 unspecified atom stereocenters. The summed E-state index contributed by atoms with van der Waals surface area (Å²) < 4.78 is 4.78. The van der Waals surface area contributed by atoms with Gasteiger partial charge in [-0.25, -0.2) is 0 Å². The molecule has 0 aromatic carbocycles. The van der Waals surface area contributed by atoms with Gasteiger partial charge in [0.1, 0.15) is 0 Å². The highest BCUT2D eigenvalue weighted by atomic mass is 28.1. The van der Waals surface area contributed by atoms with Crippen molar-refractivity contribution in [3.63, 3.8) is 0 Å². The predicted octanol–water partition coefficient (Wildman–Crippen LogP) is -0.917. The van der Waals surface area contributed by atoms with E-state index in [-0.39, 0.29) is 0 Å². The Hall–Kier alpha value is -0.833. The molecule has 0 radical (unpaired) electrons. The van der Waals surface area contributed by atoms with Crippen LogP contribution in [0, 0.1) is 0 Å². The SMILES string of the molecule is O=Cc1occc1[SiH3]. The Morgan fingerprint density at radius 3 is 2.75 bits per heavy atom. The van der Waals surface area contributed by atoms with Gasteiger partial charge >= 0.3 is 0 Å². The van der Waals surface area contributed by atoms with E-state index in [1.165, 1.54) is 6.26 Å². The van der Waals surface area contributed by atoms with Gasteiger partial charge in [0.15, 0.2) is 12.0 Å². The van der Waals surface area contributed by atoms with Crippen molar-refractivity contribution in [2.24, 2.45) is 0 Å². The topological polar surface area (TPSA) is 30.2 Å². The molecule has 0 spiro atoms. The first kappa shape index (κ1) is 5.31. The van der Waals surface area contributed by atoms with Crippen molar-refractivity contribution in [3.05, 3.63) is 18.1 Å². The zero-order chi connectivity index (χ0) is 5.98. The van der Waals surface area contributed by atoms with Gasteiger partial charge in [-0.1, -0.05) is 0 Å². The van der Waals surface area contributed by atoms with E-state index in [2.05, 4.69) is 0 Å². The number of hydrogen-bond donors (Lipinski definition) is 0. The predicted molar refractivity (Wildman–Crippen MR) is 33.7 cm³/mol. The lowest BCUT2D eigenvalue weighted by Crippen LogP contribution is -2.02. The zero-order valence-electron chi connectivity index (χ0n) is 4.55.